The summed E-state index contributed by atoms with van der Waals surface area (Å²) in [6.45, 7) is 5.26. The fourth-order valence-corrected chi connectivity index (χ4v) is 0.574. The molecule has 0 unspecified atom stereocenters. The van der Waals surface area contributed by atoms with Crippen LogP contribution in [0.1, 0.15) is 0 Å². The molecule has 0 radical (unpaired) electrons. The van der Waals surface area contributed by atoms with E-state index in [1.807, 2.05) is 0 Å². The van der Waals surface area contributed by atoms with E-state index in [-0.39, 0.29) is 5.76 Å². The van der Waals surface area contributed by atoms with Crippen molar-refractivity contribution < 1.29 is 18.6 Å². The number of rotatable bonds is 5. The van der Waals surface area contributed by atoms with Crippen molar-refractivity contribution in [1.82, 2.24) is 0 Å². The van der Waals surface area contributed by atoms with Gasteiger partial charge < -0.3 is 9.84 Å². The Morgan fingerprint density at radius 3 is 2.38 bits per heavy atom. The summed E-state index contributed by atoms with van der Waals surface area (Å²) in [6, 6.07) is 0. The SMILES string of the molecule is C=C(Br)/C=C\C(=C)OC(F)(F)CO. The molecule has 2 nitrogen and oxygen atoms in total. The lowest BCUT2D eigenvalue weighted by Crippen LogP contribution is -2.24. The van der Waals surface area contributed by atoms with Crippen molar-refractivity contribution in [2.75, 3.05) is 6.61 Å². The Morgan fingerprint density at radius 2 is 2.00 bits per heavy atom. The Hall–Kier alpha value is -0.680. The van der Waals surface area contributed by atoms with Crippen molar-refractivity contribution in [1.29, 1.82) is 0 Å². The number of hydrogen-bond acceptors (Lipinski definition) is 2. The maximum absolute atomic E-state index is 12.3. The van der Waals surface area contributed by atoms with Crippen LogP contribution in [0.3, 0.4) is 0 Å². The molecule has 0 aliphatic carbocycles. The Kier molecular flexibility index (Phi) is 4.87. The minimum Gasteiger partial charge on any atom is -0.432 e. The van der Waals surface area contributed by atoms with Crippen molar-refractivity contribution >= 4 is 15.9 Å². The molecule has 5 heteroatoms. The van der Waals surface area contributed by atoms with Gasteiger partial charge in [0.1, 0.15) is 12.4 Å². The second-order valence-corrected chi connectivity index (χ2v) is 3.16. The van der Waals surface area contributed by atoms with E-state index in [4.69, 9.17) is 5.11 Å². The van der Waals surface area contributed by atoms with Crippen LogP contribution in [0.2, 0.25) is 0 Å². The standard InChI is InChI=1S/C8H9BrF2O2/c1-6(9)3-4-7(2)13-8(10,11)5-12/h3-4,12H,1-2,5H2/b4-3-. The van der Waals surface area contributed by atoms with E-state index in [2.05, 4.69) is 33.8 Å². The topological polar surface area (TPSA) is 29.5 Å². The second kappa shape index (κ2) is 5.14. The Morgan fingerprint density at radius 1 is 1.46 bits per heavy atom. The van der Waals surface area contributed by atoms with E-state index >= 15 is 0 Å². The summed E-state index contributed by atoms with van der Waals surface area (Å²) in [4.78, 5) is 0. The molecule has 0 heterocycles. The number of aliphatic hydroxyl groups is 1. The molecule has 0 saturated heterocycles. The van der Waals surface area contributed by atoms with Crippen molar-refractivity contribution in [2.45, 2.75) is 6.11 Å². The van der Waals surface area contributed by atoms with Gasteiger partial charge in [-0.3, -0.25) is 0 Å². The highest BCUT2D eigenvalue weighted by Gasteiger charge is 2.30. The lowest BCUT2D eigenvalue weighted by molar-refractivity contribution is -0.232. The quantitative estimate of drug-likeness (QED) is 0.604. The van der Waals surface area contributed by atoms with Gasteiger partial charge in [0.25, 0.3) is 0 Å². The van der Waals surface area contributed by atoms with E-state index in [9.17, 15) is 8.78 Å². The van der Waals surface area contributed by atoms with E-state index in [0.717, 1.165) is 0 Å². The van der Waals surface area contributed by atoms with E-state index < -0.39 is 12.7 Å². The Labute approximate surface area is 83.3 Å². The van der Waals surface area contributed by atoms with E-state index in [1.165, 1.54) is 12.2 Å². The summed E-state index contributed by atoms with van der Waals surface area (Å²) in [5.41, 5.74) is 0. The molecule has 0 bridgehead atoms. The first-order valence-electron chi connectivity index (χ1n) is 3.26. The molecule has 0 rings (SSSR count). The number of ether oxygens (including phenoxy) is 1. The molecule has 0 spiro atoms. The highest BCUT2D eigenvalue weighted by Crippen LogP contribution is 2.18. The van der Waals surface area contributed by atoms with Gasteiger partial charge in [0, 0.05) is 4.48 Å². The summed E-state index contributed by atoms with van der Waals surface area (Å²) < 4.78 is 29.2. The van der Waals surface area contributed by atoms with Crippen LogP contribution in [0.25, 0.3) is 0 Å². The number of alkyl halides is 2. The van der Waals surface area contributed by atoms with Gasteiger partial charge in [0.2, 0.25) is 0 Å². The van der Waals surface area contributed by atoms with Crippen LogP contribution in [0.4, 0.5) is 8.78 Å². The van der Waals surface area contributed by atoms with Crippen LogP contribution in [-0.4, -0.2) is 17.8 Å². The van der Waals surface area contributed by atoms with E-state index in [0.29, 0.717) is 4.48 Å². The molecule has 74 valence electrons. The van der Waals surface area contributed by atoms with Crippen LogP contribution in [0.5, 0.6) is 0 Å². The molecule has 0 aliphatic heterocycles. The third kappa shape index (κ3) is 6.48. The van der Waals surface area contributed by atoms with Gasteiger partial charge in [0.05, 0.1) is 0 Å². The van der Waals surface area contributed by atoms with Crippen molar-refractivity contribution in [3.8, 4) is 0 Å². The number of allylic oxidation sites excluding steroid dienone is 3. The van der Waals surface area contributed by atoms with Gasteiger partial charge >= 0.3 is 6.11 Å². The zero-order valence-corrected chi connectivity index (χ0v) is 8.35. The third-order valence-electron chi connectivity index (χ3n) is 0.915. The highest BCUT2D eigenvalue weighted by molar-refractivity contribution is 9.11. The summed E-state index contributed by atoms with van der Waals surface area (Å²) in [5, 5.41) is 8.15. The summed E-state index contributed by atoms with van der Waals surface area (Å²) in [5.74, 6) is -0.250. The number of halogens is 3. The normalized spacial score (nSPS) is 11.7. The first kappa shape index (κ1) is 12.3. The van der Waals surface area contributed by atoms with Crippen molar-refractivity contribution in [2.24, 2.45) is 0 Å². The Bertz CT molecular complexity index is 236. The molecule has 0 atom stereocenters. The molecule has 0 aliphatic rings. The zero-order chi connectivity index (χ0) is 10.5. The summed E-state index contributed by atoms with van der Waals surface area (Å²) in [6.07, 6.45) is -0.981. The molecule has 0 aromatic rings. The maximum atomic E-state index is 12.3. The fourth-order valence-electron chi connectivity index (χ4n) is 0.441. The predicted octanol–water partition coefficient (Wildman–Crippen LogP) is 2.57. The molecule has 0 fully saturated rings. The second-order valence-electron chi connectivity index (χ2n) is 2.14. The van der Waals surface area contributed by atoms with Crippen molar-refractivity contribution in [3.63, 3.8) is 0 Å². The first-order valence-corrected chi connectivity index (χ1v) is 4.06. The van der Waals surface area contributed by atoms with Gasteiger partial charge in [-0.05, 0) is 12.2 Å². The van der Waals surface area contributed by atoms with Crippen LogP contribution in [0.15, 0.2) is 35.6 Å². The minimum atomic E-state index is -3.59. The summed E-state index contributed by atoms with van der Waals surface area (Å²) >= 11 is 2.98. The fraction of sp³-hybridized carbons (Fsp3) is 0.250. The smallest absolute Gasteiger partial charge is 0.421 e. The lowest BCUT2D eigenvalue weighted by Gasteiger charge is -2.14. The average Bonchev–Trinajstić information content (AvgIpc) is 2.00. The van der Waals surface area contributed by atoms with Crippen LogP contribution >= 0.6 is 15.9 Å². The zero-order valence-electron chi connectivity index (χ0n) is 6.77. The highest BCUT2D eigenvalue weighted by atomic mass is 79.9. The predicted molar refractivity (Wildman–Crippen MR) is 49.5 cm³/mol. The third-order valence-corrected chi connectivity index (χ3v) is 1.18. The minimum absolute atomic E-state index is 0.250. The molecular formula is C8H9BrF2O2. The first-order chi connectivity index (χ1) is 5.87. The van der Waals surface area contributed by atoms with Gasteiger partial charge in [-0.2, -0.15) is 8.78 Å². The average molecular weight is 255 g/mol. The van der Waals surface area contributed by atoms with Gasteiger partial charge in [0.15, 0.2) is 0 Å². The van der Waals surface area contributed by atoms with Crippen LogP contribution in [0, 0.1) is 0 Å². The van der Waals surface area contributed by atoms with Gasteiger partial charge in [-0.25, -0.2) is 0 Å². The molecule has 13 heavy (non-hydrogen) atoms. The molecule has 0 amide bonds. The molecule has 0 aromatic heterocycles. The van der Waals surface area contributed by atoms with Gasteiger partial charge in [-0.1, -0.05) is 29.1 Å². The number of hydrogen-bond donors (Lipinski definition) is 1. The largest absolute Gasteiger partial charge is 0.432 e. The van der Waals surface area contributed by atoms with Gasteiger partial charge in [-0.15, -0.1) is 0 Å². The van der Waals surface area contributed by atoms with E-state index in [1.54, 1.807) is 0 Å². The van der Waals surface area contributed by atoms with Crippen LogP contribution < -0.4 is 0 Å². The maximum Gasteiger partial charge on any atom is 0.421 e. The molecule has 0 aromatic carbocycles. The molecule has 0 saturated carbocycles. The molecular weight excluding hydrogens is 246 g/mol. The summed E-state index contributed by atoms with van der Waals surface area (Å²) in [7, 11) is 0. The Balaban J connectivity index is 4.09. The monoisotopic (exact) mass is 254 g/mol. The molecule has 1 N–H and O–H groups in total. The van der Waals surface area contributed by atoms with Crippen LogP contribution in [-0.2, 0) is 4.74 Å². The van der Waals surface area contributed by atoms with Crippen molar-refractivity contribution in [3.05, 3.63) is 35.6 Å². The number of aliphatic hydroxyl groups excluding tert-OH is 1. The lowest BCUT2D eigenvalue weighted by atomic mass is 10.4.